The maximum Gasteiger partial charge on any atom is 0.0707 e. The van der Waals surface area contributed by atoms with Gasteiger partial charge in [0.05, 0.1) is 5.52 Å². The number of rotatable bonds is 2. The SMILES string of the molecule is C/C(=C/c1ccnc2ccccc12)CCl. The highest BCUT2D eigenvalue weighted by atomic mass is 35.5. The van der Waals surface area contributed by atoms with Gasteiger partial charge >= 0.3 is 0 Å². The predicted octanol–water partition coefficient (Wildman–Crippen LogP) is 3.88. The largest absolute Gasteiger partial charge is 0.256 e. The van der Waals surface area contributed by atoms with Crippen molar-refractivity contribution < 1.29 is 0 Å². The lowest BCUT2D eigenvalue weighted by Crippen LogP contribution is -1.83. The average molecular weight is 218 g/mol. The van der Waals surface area contributed by atoms with Crippen LogP contribution in [0.25, 0.3) is 17.0 Å². The summed E-state index contributed by atoms with van der Waals surface area (Å²) in [5.74, 6) is 0.566. The fourth-order valence-corrected chi connectivity index (χ4v) is 1.63. The molecule has 1 aromatic carbocycles. The van der Waals surface area contributed by atoms with E-state index in [0.717, 1.165) is 11.1 Å². The molecule has 2 rings (SSSR count). The molecule has 76 valence electrons. The van der Waals surface area contributed by atoms with Gasteiger partial charge in [-0.3, -0.25) is 4.98 Å². The molecule has 0 unspecified atom stereocenters. The third kappa shape index (κ3) is 2.18. The van der Waals surface area contributed by atoms with Gasteiger partial charge in [-0.2, -0.15) is 0 Å². The first-order valence-electron chi connectivity index (χ1n) is 4.88. The molecule has 0 radical (unpaired) electrons. The summed E-state index contributed by atoms with van der Waals surface area (Å²) in [6, 6.07) is 10.1. The van der Waals surface area contributed by atoms with Crippen molar-refractivity contribution in [2.24, 2.45) is 0 Å². The fourth-order valence-electron chi connectivity index (χ4n) is 1.55. The van der Waals surface area contributed by atoms with Crippen molar-refractivity contribution in [2.45, 2.75) is 6.92 Å². The molecule has 0 saturated carbocycles. The van der Waals surface area contributed by atoms with E-state index in [1.54, 1.807) is 0 Å². The van der Waals surface area contributed by atoms with Crippen LogP contribution < -0.4 is 0 Å². The number of hydrogen-bond acceptors (Lipinski definition) is 1. The Balaban J connectivity index is 2.61. The number of benzene rings is 1. The zero-order valence-electron chi connectivity index (χ0n) is 8.57. The Bertz CT molecular complexity index is 497. The van der Waals surface area contributed by atoms with Crippen LogP contribution in [0.2, 0.25) is 0 Å². The Morgan fingerprint density at radius 2 is 2.13 bits per heavy atom. The molecule has 0 fully saturated rings. The fraction of sp³-hybridized carbons (Fsp3) is 0.154. The minimum atomic E-state index is 0.566. The normalized spacial score (nSPS) is 12.0. The van der Waals surface area contributed by atoms with E-state index in [4.69, 9.17) is 11.6 Å². The van der Waals surface area contributed by atoms with Crippen molar-refractivity contribution in [1.82, 2.24) is 4.98 Å². The highest BCUT2D eigenvalue weighted by Gasteiger charge is 1.98. The van der Waals surface area contributed by atoms with Crippen molar-refractivity contribution in [3.63, 3.8) is 0 Å². The van der Waals surface area contributed by atoms with E-state index in [-0.39, 0.29) is 0 Å². The van der Waals surface area contributed by atoms with E-state index in [0.29, 0.717) is 5.88 Å². The summed E-state index contributed by atoms with van der Waals surface area (Å²) >= 11 is 5.77. The molecule has 0 spiro atoms. The van der Waals surface area contributed by atoms with E-state index in [2.05, 4.69) is 17.1 Å². The van der Waals surface area contributed by atoms with E-state index in [1.807, 2.05) is 37.4 Å². The maximum absolute atomic E-state index is 5.77. The molecule has 0 amide bonds. The minimum Gasteiger partial charge on any atom is -0.256 e. The summed E-state index contributed by atoms with van der Waals surface area (Å²) in [5.41, 5.74) is 3.36. The molecule has 0 saturated heterocycles. The summed E-state index contributed by atoms with van der Waals surface area (Å²) in [6.07, 6.45) is 3.94. The van der Waals surface area contributed by atoms with Crippen LogP contribution >= 0.6 is 11.6 Å². The smallest absolute Gasteiger partial charge is 0.0707 e. The standard InChI is InChI=1S/C13H12ClN/c1-10(9-14)8-11-6-7-15-13-5-3-2-4-12(11)13/h2-8H,9H2,1H3/b10-8-. The molecule has 0 aliphatic heterocycles. The minimum absolute atomic E-state index is 0.566. The molecule has 2 heteroatoms. The number of halogens is 1. The lowest BCUT2D eigenvalue weighted by molar-refractivity contribution is 1.39. The third-order valence-electron chi connectivity index (χ3n) is 2.30. The third-order valence-corrected chi connectivity index (χ3v) is 2.72. The van der Waals surface area contributed by atoms with Gasteiger partial charge < -0.3 is 0 Å². The van der Waals surface area contributed by atoms with Gasteiger partial charge in [-0.25, -0.2) is 0 Å². The van der Waals surface area contributed by atoms with Crippen molar-refractivity contribution in [3.8, 4) is 0 Å². The van der Waals surface area contributed by atoms with Gasteiger partial charge in [0.1, 0.15) is 0 Å². The monoisotopic (exact) mass is 217 g/mol. The number of hydrogen-bond donors (Lipinski definition) is 0. The Kier molecular flexibility index (Phi) is 3.02. The highest BCUT2D eigenvalue weighted by Crippen LogP contribution is 2.18. The second-order valence-corrected chi connectivity index (χ2v) is 3.81. The van der Waals surface area contributed by atoms with Crippen LogP contribution in [-0.2, 0) is 0 Å². The van der Waals surface area contributed by atoms with Gasteiger partial charge in [-0.1, -0.05) is 29.8 Å². The molecule has 1 heterocycles. The van der Waals surface area contributed by atoms with Crippen LogP contribution in [0, 0.1) is 0 Å². The molecule has 15 heavy (non-hydrogen) atoms. The summed E-state index contributed by atoms with van der Waals surface area (Å²) in [4.78, 5) is 4.31. The molecule has 0 N–H and O–H groups in total. The molecular formula is C13H12ClN. The molecule has 1 nitrogen and oxygen atoms in total. The Morgan fingerprint density at radius 3 is 2.93 bits per heavy atom. The molecule has 2 aromatic rings. The second-order valence-electron chi connectivity index (χ2n) is 3.54. The van der Waals surface area contributed by atoms with Crippen LogP contribution in [0.5, 0.6) is 0 Å². The Labute approximate surface area is 94.4 Å². The molecule has 0 aliphatic rings. The number of aromatic nitrogens is 1. The number of pyridine rings is 1. The number of alkyl halides is 1. The average Bonchev–Trinajstić information content (AvgIpc) is 2.29. The molecule has 0 atom stereocenters. The topological polar surface area (TPSA) is 12.9 Å². The number of fused-ring (bicyclic) bond motifs is 1. The summed E-state index contributed by atoms with van der Waals surface area (Å²) in [5, 5.41) is 1.17. The number of para-hydroxylation sites is 1. The van der Waals surface area contributed by atoms with E-state index < -0.39 is 0 Å². The highest BCUT2D eigenvalue weighted by molar-refractivity contribution is 6.19. The first-order valence-corrected chi connectivity index (χ1v) is 5.41. The first kappa shape index (κ1) is 10.2. The lowest BCUT2D eigenvalue weighted by Gasteiger charge is -2.02. The molecular weight excluding hydrogens is 206 g/mol. The summed E-state index contributed by atoms with van der Waals surface area (Å²) in [6.45, 7) is 2.03. The van der Waals surface area contributed by atoms with Crippen molar-refractivity contribution >= 4 is 28.6 Å². The van der Waals surface area contributed by atoms with Crippen molar-refractivity contribution in [2.75, 3.05) is 5.88 Å². The first-order chi connectivity index (χ1) is 7.31. The molecule has 1 aromatic heterocycles. The summed E-state index contributed by atoms with van der Waals surface area (Å²) in [7, 11) is 0. The van der Waals surface area contributed by atoms with Gasteiger partial charge in [0.25, 0.3) is 0 Å². The van der Waals surface area contributed by atoms with Gasteiger partial charge in [-0.15, -0.1) is 11.6 Å². The second kappa shape index (κ2) is 4.45. The molecule has 0 bridgehead atoms. The zero-order chi connectivity index (χ0) is 10.7. The van der Waals surface area contributed by atoms with Crippen LogP contribution in [0.3, 0.4) is 0 Å². The zero-order valence-corrected chi connectivity index (χ0v) is 9.33. The quantitative estimate of drug-likeness (QED) is 0.696. The van der Waals surface area contributed by atoms with E-state index in [9.17, 15) is 0 Å². The van der Waals surface area contributed by atoms with Gasteiger partial charge in [0, 0.05) is 17.5 Å². The van der Waals surface area contributed by atoms with Gasteiger partial charge in [0.2, 0.25) is 0 Å². The Morgan fingerprint density at radius 1 is 1.33 bits per heavy atom. The van der Waals surface area contributed by atoms with Crippen molar-refractivity contribution in [1.29, 1.82) is 0 Å². The molecule has 0 aliphatic carbocycles. The van der Waals surface area contributed by atoms with E-state index in [1.165, 1.54) is 10.9 Å². The van der Waals surface area contributed by atoms with Gasteiger partial charge in [-0.05, 0) is 24.6 Å². The Hall–Kier alpha value is -1.34. The number of allylic oxidation sites excluding steroid dienone is 1. The number of nitrogens with zero attached hydrogens (tertiary/aromatic N) is 1. The van der Waals surface area contributed by atoms with Gasteiger partial charge in [0.15, 0.2) is 0 Å². The van der Waals surface area contributed by atoms with Crippen LogP contribution in [-0.4, -0.2) is 10.9 Å². The van der Waals surface area contributed by atoms with Crippen molar-refractivity contribution in [3.05, 3.63) is 47.7 Å². The van der Waals surface area contributed by atoms with Crippen LogP contribution in [0.4, 0.5) is 0 Å². The van der Waals surface area contributed by atoms with Crippen LogP contribution in [0.15, 0.2) is 42.1 Å². The summed E-state index contributed by atoms with van der Waals surface area (Å²) < 4.78 is 0. The maximum atomic E-state index is 5.77. The lowest BCUT2D eigenvalue weighted by atomic mass is 10.1. The predicted molar refractivity (Wildman–Crippen MR) is 66.1 cm³/mol. The van der Waals surface area contributed by atoms with Crippen LogP contribution in [0.1, 0.15) is 12.5 Å². The van der Waals surface area contributed by atoms with E-state index >= 15 is 0 Å².